The fourth-order valence-electron chi connectivity index (χ4n) is 4.92. The third-order valence-corrected chi connectivity index (χ3v) is 8.82. The number of rotatable bonds is 9. The Bertz CT molecular complexity index is 1230. The van der Waals surface area contributed by atoms with E-state index in [0.717, 1.165) is 56.4 Å². The monoisotopic (exact) mass is 584 g/mol. The zero-order valence-corrected chi connectivity index (χ0v) is 24.8. The van der Waals surface area contributed by atoms with Gasteiger partial charge in [0.05, 0.1) is 5.75 Å². The number of hydrogen-bond acceptors (Lipinski definition) is 5. The molecule has 2 aromatic carbocycles. The van der Waals surface area contributed by atoms with Crippen LogP contribution in [0.1, 0.15) is 86.0 Å². The lowest BCUT2D eigenvalue weighted by atomic mass is 9.95. The fourth-order valence-corrected chi connectivity index (χ4v) is 6.10. The molecule has 1 N–H and O–H groups in total. The number of aryl methyl sites for hydroxylation is 3. The highest BCUT2D eigenvalue weighted by atomic mass is 79.9. The lowest BCUT2D eigenvalue weighted by Crippen LogP contribution is -2.19. The van der Waals surface area contributed by atoms with Crippen LogP contribution in [-0.2, 0) is 11.4 Å². The van der Waals surface area contributed by atoms with E-state index in [4.69, 9.17) is 4.74 Å². The quantitative estimate of drug-likeness (QED) is 0.259. The molecule has 3 aromatic rings. The van der Waals surface area contributed by atoms with Crippen LogP contribution >= 0.6 is 27.7 Å². The molecule has 1 fully saturated rings. The smallest absolute Gasteiger partial charge is 0.234 e. The minimum Gasteiger partial charge on any atom is -0.485 e. The van der Waals surface area contributed by atoms with Crippen molar-refractivity contribution in [3.63, 3.8) is 0 Å². The molecule has 0 aliphatic heterocycles. The summed E-state index contributed by atoms with van der Waals surface area (Å²) in [5.41, 5.74) is 5.32. The van der Waals surface area contributed by atoms with E-state index in [-0.39, 0.29) is 11.7 Å². The third kappa shape index (κ3) is 6.77. The number of halogens is 1. The van der Waals surface area contributed by atoms with E-state index >= 15 is 0 Å². The molecule has 0 radical (unpaired) electrons. The number of hydrogen-bond donors (Lipinski definition) is 1. The molecule has 1 heterocycles. The summed E-state index contributed by atoms with van der Waals surface area (Å²) < 4.78 is 9.69. The molecule has 37 heavy (non-hydrogen) atoms. The first-order valence-corrected chi connectivity index (χ1v) is 14.9. The van der Waals surface area contributed by atoms with Crippen molar-refractivity contribution in [2.75, 3.05) is 11.1 Å². The zero-order chi connectivity index (χ0) is 26.5. The number of carbonyl (C=O) groups is 1. The minimum absolute atomic E-state index is 0.0368. The van der Waals surface area contributed by atoms with Gasteiger partial charge in [-0.1, -0.05) is 79.0 Å². The van der Waals surface area contributed by atoms with Crippen LogP contribution in [0.5, 0.6) is 5.75 Å². The molecule has 0 unspecified atom stereocenters. The Hall–Kier alpha value is -2.32. The number of para-hydroxylation sites is 1. The summed E-state index contributed by atoms with van der Waals surface area (Å²) >= 11 is 5.10. The van der Waals surface area contributed by atoms with Gasteiger partial charge in [-0.3, -0.25) is 9.36 Å². The molecule has 6 nitrogen and oxygen atoms in total. The highest BCUT2D eigenvalue weighted by Crippen LogP contribution is 2.35. The molecule has 0 atom stereocenters. The van der Waals surface area contributed by atoms with E-state index < -0.39 is 0 Å². The molecule has 0 bridgehead atoms. The third-order valence-electron chi connectivity index (χ3n) is 7.02. The number of amides is 1. The van der Waals surface area contributed by atoms with E-state index in [2.05, 4.69) is 68.9 Å². The molecule has 198 valence electrons. The van der Waals surface area contributed by atoms with Crippen molar-refractivity contribution in [2.24, 2.45) is 0 Å². The number of ether oxygens (including phenoxy) is 1. The van der Waals surface area contributed by atoms with Gasteiger partial charge in [0.2, 0.25) is 5.91 Å². The van der Waals surface area contributed by atoms with Crippen molar-refractivity contribution >= 4 is 39.3 Å². The van der Waals surface area contributed by atoms with Gasteiger partial charge in [-0.25, -0.2) is 0 Å². The number of aromatic nitrogens is 3. The largest absolute Gasteiger partial charge is 0.485 e. The van der Waals surface area contributed by atoms with Crippen molar-refractivity contribution in [3.05, 3.63) is 62.9 Å². The Labute approximate surface area is 233 Å². The van der Waals surface area contributed by atoms with E-state index in [1.54, 1.807) is 0 Å². The summed E-state index contributed by atoms with van der Waals surface area (Å²) in [6.45, 7) is 10.8. The van der Waals surface area contributed by atoms with Crippen molar-refractivity contribution in [1.82, 2.24) is 14.8 Å². The van der Waals surface area contributed by atoms with Crippen molar-refractivity contribution < 1.29 is 9.53 Å². The summed E-state index contributed by atoms with van der Waals surface area (Å²) in [5.74, 6) is 2.29. The maximum atomic E-state index is 12.8. The van der Waals surface area contributed by atoms with Crippen molar-refractivity contribution in [2.45, 2.75) is 90.4 Å². The van der Waals surface area contributed by atoms with Gasteiger partial charge < -0.3 is 10.1 Å². The van der Waals surface area contributed by atoms with E-state index in [1.165, 1.54) is 36.6 Å². The number of carbonyl (C=O) groups excluding carboxylic acids is 1. The van der Waals surface area contributed by atoms with Crippen LogP contribution in [-0.4, -0.2) is 26.4 Å². The topological polar surface area (TPSA) is 69.0 Å². The number of nitrogens with zero attached hydrogens (tertiary/aromatic N) is 3. The molecule has 1 aliphatic rings. The van der Waals surface area contributed by atoms with Crippen LogP contribution in [0.3, 0.4) is 0 Å². The number of thioether (sulfide) groups is 1. The second-order valence-electron chi connectivity index (χ2n) is 10.2. The van der Waals surface area contributed by atoms with Gasteiger partial charge in [-0.15, -0.1) is 10.2 Å². The molecule has 4 rings (SSSR count). The van der Waals surface area contributed by atoms with Gasteiger partial charge in [0.25, 0.3) is 0 Å². The average molecular weight is 586 g/mol. The van der Waals surface area contributed by atoms with E-state index in [1.807, 2.05) is 32.0 Å². The molecule has 0 spiro atoms. The lowest BCUT2D eigenvalue weighted by molar-refractivity contribution is -0.113. The maximum Gasteiger partial charge on any atom is 0.234 e. The number of benzene rings is 2. The molecule has 1 saturated carbocycles. The average Bonchev–Trinajstić information content (AvgIpc) is 3.28. The number of nitrogens with one attached hydrogen (secondary N) is 1. The van der Waals surface area contributed by atoms with Crippen LogP contribution in [0.25, 0.3) is 0 Å². The first kappa shape index (κ1) is 27.7. The Morgan fingerprint density at radius 2 is 1.81 bits per heavy atom. The summed E-state index contributed by atoms with van der Waals surface area (Å²) in [7, 11) is 0. The maximum absolute atomic E-state index is 12.8. The highest BCUT2D eigenvalue weighted by Gasteiger charge is 2.24. The summed E-state index contributed by atoms with van der Waals surface area (Å²) in [6, 6.07) is 10.6. The highest BCUT2D eigenvalue weighted by molar-refractivity contribution is 9.10. The van der Waals surface area contributed by atoms with Crippen molar-refractivity contribution in [3.8, 4) is 5.75 Å². The fraction of sp³-hybridized carbons (Fsp3) is 0.483. The Morgan fingerprint density at radius 1 is 1.11 bits per heavy atom. The Morgan fingerprint density at radius 3 is 2.49 bits per heavy atom. The molecular formula is C29H37BrN4O2S. The second-order valence-corrected chi connectivity index (χ2v) is 12.0. The molecule has 8 heteroatoms. The van der Waals surface area contributed by atoms with Crippen LogP contribution in [0.4, 0.5) is 5.69 Å². The second kappa shape index (κ2) is 12.5. The first-order chi connectivity index (χ1) is 17.7. The SMILES string of the molecule is Cc1cc(OCc2nnc(SCC(=O)Nc3c(C)cccc3C)n2C2CCCCC2)c(C(C)C)cc1Br. The predicted molar refractivity (Wildman–Crippen MR) is 155 cm³/mol. The summed E-state index contributed by atoms with van der Waals surface area (Å²) in [4.78, 5) is 12.8. The van der Waals surface area contributed by atoms with E-state index in [0.29, 0.717) is 18.6 Å². The molecule has 1 aromatic heterocycles. The molecule has 1 aliphatic carbocycles. The van der Waals surface area contributed by atoms with Crippen molar-refractivity contribution in [1.29, 1.82) is 0 Å². The van der Waals surface area contributed by atoms with Crippen LogP contribution in [0.15, 0.2) is 40.0 Å². The molecule has 0 saturated heterocycles. The van der Waals surface area contributed by atoms with Gasteiger partial charge in [0.1, 0.15) is 12.4 Å². The van der Waals surface area contributed by atoms with Gasteiger partial charge >= 0.3 is 0 Å². The Kier molecular flexibility index (Phi) is 9.35. The standard InChI is InChI=1S/C29H37BrN4O2S/c1-18(2)23-15-24(30)21(5)14-25(23)36-16-26-32-33-29(34(26)22-12-7-6-8-13-22)37-17-27(35)31-28-19(3)10-9-11-20(28)4/h9-11,14-15,18,22H,6-8,12-13,16-17H2,1-5H3,(H,31,35). The summed E-state index contributed by atoms with van der Waals surface area (Å²) in [6.07, 6.45) is 5.86. The molecule has 1 amide bonds. The van der Waals surface area contributed by atoms with Crippen LogP contribution in [0, 0.1) is 20.8 Å². The van der Waals surface area contributed by atoms with Gasteiger partial charge in [0.15, 0.2) is 11.0 Å². The zero-order valence-electron chi connectivity index (χ0n) is 22.4. The number of anilines is 1. The van der Waals surface area contributed by atoms with Gasteiger partial charge in [-0.2, -0.15) is 0 Å². The summed E-state index contributed by atoms with van der Waals surface area (Å²) in [5, 5.41) is 12.9. The normalized spacial score (nSPS) is 14.2. The molecular weight excluding hydrogens is 548 g/mol. The van der Waals surface area contributed by atoms with Crippen LogP contribution in [0.2, 0.25) is 0 Å². The van der Waals surface area contributed by atoms with Crippen LogP contribution < -0.4 is 10.1 Å². The van der Waals surface area contributed by atoms with Gasteiger partial charge in [-0.05, 0) is 73.9 Å². The van der Waals surface area contributed by atoms with E-state index in [9.17, 15) is 4.79 Å². The Balaban J connectivity index is 1.52. The van der Waals surface area contributed by atoms with Gasteiger partial charge in [0, 0.05) is 16.2 Å². The lowest BCUT2D eigenvalue weighted by Gasteiger charge is -2.26. The minimum atomic E-state index is -0.0368. The predicted octanol–water partition coefficient (Wildman–Crippen LogP) is 7.90. The first-order valence-electron chi connectivity index (χ1n) is 13.1.